The maximum Gasteiger partial charge on any atom is 0.284 e. The Labute approximate surface area is 133 Å². The van der Waals surface area contributed by atoms with Gasteiger partial charge in [-0.2, -0.15) is 0 Å². The third-order valence-corrected chi connectivity index (χ3v) is 4.90. The maximum absolute atomic E-state index is 11.4. The predicted molar refractivity (Wildman–Crippen MR) is 84.6 cm³/mol. The first kappa shape index (κ1) is 14.6. The Morgan fingerprint density at radius 1 is 1.32 bits per heavy atom. The summed E-state index contributed by atoms with van der Waals surface area (Å²) < 4.78 is 0. The van der Waals surface area contributed by atoms with Gasteiger partial charge in [0.25, 0.3) is 5.69 Å². The minimum absolute atomic E-state index is 0.0975. The van der Waals surface area contributed by atoms with Gasteiger partial charge in [0.15, 0.2) is 5.78 Å². The zero-order chi connectivity index (χ0) is 15.7. The number of hydrogen-bond acceptors (Lipinski definition) is 7. The highest BCUT2D eigenvalue weighted by atomic mass is 32.2. The lowest BCUT2D eigenvalue weighted by atomic mass is 10.1. The number of thiophene rings is 1. The second-order valence-electron chi connectivity index (χ2n) is 4.42. The summed E-state index contributed by atoms with van der Waals surface area (Å²) in [7, 11) is 0. The molecule has 0 spiro atoms. The monoisotopic (exact) mass is 331 g/mol. The molecule has 0 radical (unpaired) electrons. The number of aromatic nitrogens is 2. The fourth-order valence-electron chi connectivity index (χ4n) is 1.92. The molecule has 2 aromatic heterocycles. The smallest absolute Gasteiger partial charge is 0.284 e. The van der Waals surface area contributed by atoms with E-state index in [1.165, 1.54) is 42.4 Å². The Morgan fingerprint density at radius 3 is 2.86 bits per heavy atom. The average Bonchev–Trinajstić information content (AvgIpc) is 2.96. The number of Topliss-reactive ketones (excluding diaryl/α,β-unsaturated/α-hetero) is 1. The highest BCUT2D eigenvalue weighted by Gasteiger charge is 2.18. The van der Waals surface area contributed by atoms with Crippen LogP contribution < -0.4 is 0 Å². The summed E-state index contributed by atoms with van der Waals surface area (Å²) in [5, 5.41) is 14.7. The molecule has 1 aromatic carbocycles. The van der Waals surface area contributed by atoms with Crippen LogP contribution in [-0.4, -0.2) is 20.7 Å². The fraction of sp³-hybridized carbons (Fsp3) is 0.0714. The van der Waals surface area contributed by atoms with Gasteiger partial charge in [-0.05, 0) is 30.5 Å². The van der Waals surface area contributed by atoms with Crippen LogP contribution in [0.5, 0.6) is 0 Å². The Bertz CT molecular complexity index is 892. The SMILES string of the molecule is CC(=O)c1ccc(Sc2ncnc3sccc23)c([N+](=O)[O-])c1. The van der Waals surface area contributed by atoms with E-state index in [1.807, 2.05) is 11.4 Å². The van der Waals surface area contributed by atoms with Crippen LogP contribution in [0.3, 0.4) is 0 Å². The standard InChI is InChI=1S/C14H9N3O3S2/c1-8(18)9-2-3-12(11(6-9)17(19)20)22-14-10-4-5-21-13(10)15-7-16-14/h2-7H,1H3. The van der Waals surface area contributed by atoms with E-state index >= 15 is 0 Å². The van der Waals surface area contributed by atoms with Gasteiger partial charge in [-0.15, -0.1) is 11.3 Å². The van der Waals surface area contributed by atoms with Crippen molar-refractivity contribution >= 4 is 44.8 Å². The van der Waals surface area contributed by atoms with Crippen molar-refractivity contribution in [1.82, 2.24) is 9.97 Å². The van der Waals surface area contributed by atoms with Crippen molar-refractivity contribution in [3.05, 3.63) is 51.7 Å². The number of nitrogens with zero attached hydrogens (tertiary/aromatic N) is 3. The summed E-state index contributed by atoms with van der Waals surface area (Å²) in [5.41, 5.74) is 0.221. The van der Waals surface area contributed by atoms with Gasteiger partial charge in [-0.25, -0.2) is 9.97 Å². The zero-order valence-electron chi connectivity index (χ0n) is 11.3. The lowest BCUT2D eigenvalue weighted by Crippen LogP contribution is -1.97. The zero-order valence-corrected chi connectivity index (χ0v) is 13.0. The largest absolute Gasteiger partial charge is 0.295 e. The number of carbonyl (C=O) groups is 1. The van der Waals surface area contributed by atoms with Crippen molar-refractivity contribution in [2.75, 3.05) is 0 Å². The predicted octanol–water partition coefficient (Wildman–Crippen LogP) is 3.95. The molecule has 0 aliphatic rings. The summed E-state index contributed by atoms with van der Waals surface area (Å²) in [4.78, 5) is 31.8. The molecule has 0 unspecified atom stereocenters. The third kappa shape index (κ3) is 2.70. The van der Waals surface area contributed by atoms with E-state index in [-0.39, 0.29) is 11.5 Å². The maximum atomic E-state index is 11.4. The van der Waals surface area contributed by atoms with E-state index in [2.05, 4.69) is 9.97 Å². The van der Waals surface area contributed by atoms with E-state index < -0.39 is 4.92 Å². The molecule has 3 aromatic rings. The average molecular weight is 331 g/mol. The molecule has 2 heterocycles. The lowest BCUT2D eigenvalue weighted by molar-refractivity contribution is -0.387. The molecule has 0 amide bonds. The van der Waals surface area contributed by atoms with E-state index in [0.29, 0.717) is 15.5 Å². The molecule has 110 valence electrons. The van der Waals surface area contributed by atoms with Crippen LogP contribution in [0.15, 0.2) is 45.9 Å². The summed E-state index contributed by atoms with van der Waals surface area (Å²) >= 11 is 2.69. The first-order chi connectivity index (χ1) is 10.6. The highest BCUT2D eigenvalue weighted by molar-refractivity contribution is 7.99. The summed E-state index contributed by atoms with van der Waals surface area (Å²) in [5.74, 6) is -0.207. The van der Waals surface area contributed by atoms with Gasteiger partial charge < -0.3 is 0 Å². The molecule has 8 heteroatoms. The number of nitro groups is 1. The van der Waals surface area contributed by atoms with E-state index in [9.17, 15) is 14.9 Å². The number of nitro benzene ring substituents is 1. The highest BCUT2D eigenvalue weighted by Crippen LogP contribution is 2.37. The van der Waals surface area contributed by atoms with E-state index in [4.69, 9.17) is 0 Å². The summed E-state index contributed by atoms with van der Waals surface area (Å²) in [6.07, 6.45) is 1.44. The van der Waals surface area contributed by atoms with Crippen LogP contribution in [0.4, 0.5) is 5.69 Å². The molecule has 0 aliphatic carbocycles. The van der Waals surface area contributed by atoms with Gasteiger partial charge in [-0.3, -0.25) is 14.9 Å². The minimum atomic E-state index is -0.485. The van der Waals surface area contributed by atoms with Crippen LogP contribution in [0, 0.1) is 10.1 Å². The topological polar surface area (TPSA) is 86.0 Å². The van der Waals surface area contributed by atoms with Gasteiger partial charge in [0, 0.05) is 17.0 Å². The van der Waals surface area contributed by atoms with Crippen LogP contribution in [0.25, 0.3) is 10.2 Å². The molecule has 0 fully saturated rings. The molecule has 0 N–H and O–H groups in total. The Hall–Kier alpha value is -2.32. The van der Waals surface area contributed by atoms with Crippen LogP contribution >= 0.6 is 23.1 Å². The normalized spacial score (nSPS) is 10.8. The Kier molecular flexibility index (Phi) is 3.86. The van der Waals surface area contributed by atoms with Crippen molar-refractivity contribution in [1.29, 1.82) is 0 Å². The second kappa shape index (κ2) is 5.82. The number of ketones is 1. The molecule has 3 rings (SSSR count). The molecule has 0 atom stereocenters. The quantitative estimate of drug-likeness (QED) is 0.311. The van der Waals surface area contributed by atoms with Crippen molar-refractivity contribution in [2.45, 2.75) is 16.8 Å². The van der Waals surface area contributed by atoms with Crippen molar-refractivity contribution < 1.29 is 9.72 Å². The minimum Gasteiger partial charge on any atom is -0.295 e. The number of hydrogen-bond donors (Lipinski definition) is 0. The van der Waals surface area contributed by atoms with Gasteiger partial charge in [0.2, 0.25) is 0 Å². The molecular weight excluding hydrogens is 322 g/mol. The lowest BCUT2D eigenvalue weighted by Gasteiger charge is -2.04. The molecule has 0 bridgehead atoms. The van der Waals surface area contributed by atoms with Gasteiger partial charge in [0.1, 0.15) is 16.2 Å². The molecular formula is C14H9N3O3S2. The van der Waals surface area contributed by atoms with E-state index in [1.54, 1.807) is 12.1 Å². The number of benzene rings is 1. The van der Waals surface area contributed by atoms with E-state index in [0.717, 1.165) is 10.2 Å². The van der Waals surface area contributed by atoms with Crippen LogP contribution in [0.1, 0.15) is 17.3 Å². The van der Waals surface area contributed by atoms with Crippen LogP contribution in [0.2, 0.25) is 0 Å². The number of carbonyl (C=O) groups excluding carboxylic acids is 1. The van der Waals surface area contributed by atoms with Gasteiger partial charge >= 0.3 is 0 Å². The Morgan fingerprint density at radius 2 is 2.14 bits per heavy atom. The molecule has 0 saturated heterocycles. The van der Waals surface area contributed by atoms with Gasteiger partial charge in [0.05, 0.1) is 9.82 Å². The number of fused-ring (bicyclic) bond motifs is 1. The molecule has 22 heavy (non-hydrogen) atoms. The molecule has 6 nitrogen and oxygen atoms in total. The molecule has 0 saturated carbocycles. The molecule has 0 aliphatic heterocycles. The van der Waals surface area contributed by atoms with Crippen molar-refractivity contribution in [2.24, 2.45) is 0 Å². The van der Waals surface area contributed by atoms with Gasteiger partial charge in [-0.1, -0.05) is 11.8 Å². The fourth-order valence-corrected chi connectivity index (χ4v) is 3.67. The Balaban J connectivity index is 2.07. The summed E-state index contributed by atoms with van der Waals surface area (Å²) in [6.45, 7) is 1.38. The second-order valence-corrected chi connectivity index (χ2v) is 6.34. The first-order valence-corrected chi connectivity index (χ1v) is 7.91. The van der Waals surface area contributed by atoms with Crippen LogP contribution in [-0.2, 0) is 0 Å². The summed E-state index contributed by atoms with van der Waals surface area (Å²) in [6, 6.07) is 6.36. The number of rotatable bonds is 4. The first-order valence-electron chi connectivity index (χ1n) is 6.21. The van der Waals surface area contributed by atoms with Crippen molar-refractivity contribution in [3.63, 3.8) is 0 Å². The van der Waals surface area contributed by atoms with Crippen molar-refractivity contribution in [3.8, 4) is 0 Å². The third-order valence-electron chi connectivity index (χ3n) is 2.99.